The number of rotatable bonds is 3. The van der Waals surface area contributed by atoms with Gasteiger partial charge in [0, 0.05) is 19.2 Å². The average Bonchev–Trinajstić information content (AvgIpc) is 3.15. The zero-order valence-corrected chi connectivity index (χ0v) is 16.2. The van der Waals surface area contributed by atoms with Gasteiger partial charge in [-0.25, -0.2) is 8.42 Å². The number of phenols is 1. The minimum Gasteiger partial charge on any atom is -0.506 e. The zero-order chi connectivity index (χ0) is 20.9. The Kier molecular flexibility index (Phi) is 4.30. The Morgan fingerprint density at radius 3 is 2.48 bits per heavy atom. The molecule has 1 fully saturated rings. The SMILES string of the molecule is CN1C(=O)c2ccc(C(=O)Nc3cc(N4CCCS4(=O)=O)ccc3O)cc2C1=O. The molecule has 0 bridgehead atoms. The smallest absolute Gasteiger partial charge is 0.261 e. The third-order valence-electron chi connectivity index (χ3n) is 4.97. The lowest BCUT2D eigenvalue weighted by atomic mass is 10.1. The maximum atomic E-state index is 12.6. The van der Waals surface area contributed by atoms with E-state index in [1.807, 2.05) is 0 Å². The number of fused-ring (bicyclic) bond motifs is 1. The highest BCUT2D eigenvalue weighted by molar-refractivity contribution is 7.93. The van der Waals surface area contributed by atoms with Crippen LogP contribution in [-0.2, 0) is 10.0 Å². The average molecular weight is 415 g/mol. The summed E-state index contributed by atoms with van der Waals surface area (Å²) in [5.74, 6) is -1.73. The van der Waals surface area contributed by atoms with E-state index in [4.69, 9.17) is 0 Å². The summed E-state index contributed by atoms with van der Waals surface area (Å²) in [6.45, 7) is 0.328. The van der Waals surface area contributed by atoms with E-state index in [-0.39, 0.29) is 33.9 Å². The molecule has 2 heterocycles. The van der Waals surface area contributed by atoms with Crippen LogP contribution in [0.15, 0.2) is 36.4 Å². The molecule has 2 aliphatic heterocycles. The first kappa shape index (κ1) is 18.9. The fourth-order valence-corrected chi connectivity index (χ4v) is 4.96. The molecule has 0 saturated carbocycles. The topological polar surface area (TPSA) is 124 Å². The third-order valence-corrected chi connectivity index (χ3v) is 6.84. The van der Waals surface area contributed by atoms with E-state index in [1.54, 1.807) is 0 Å². The first-order valence-corrected chi connectivity index (χ1v) is 10.4. The number of benzene rings is 2. The van der Waals surface area contributed by atoms with Gasteiger partial charge in [0.2, 0.25) is 10.0 Å². The minimum atomic E-state index is -3.41. The van der Waals surface area contributed by atoms with Gasteiger partial charge >= 0.3 is 0 Å². The number of hydrogen-bond acceptors (Lipinski definition) is 6. The molecule has 2 aliphatic rings. The van der Waals surface area contributed by atoms with Gasteiger partial charge in [0.05, 0.1) is 28.3 Å². The summed E-state index contributed by atoms with van der Waals surface area (Å²) in [6.07, 6.45) is 0.501. The van der Waals surface area contributed by atoms with Gasteiger partial charge in [-0.3, -0.25) is 23.6 Å². The Hall–Kier alpha value is -3.40. The van der Waals surface area contributed by atoms with Gasteiger partial charge < -0.3 is 10.4 Å². The molecule has 0 aliphatic carbocycles. The normalized spacial score (nSPS) is 17.6. The van der Waals surface area contributed by atoms with Crippen molar-refractivity contribution in [2.75, 3.05) is 29.0 Å². The summed E-state index contributed by atoms with van der Waals surface area (Å²) in [4.78, 5) is 37.7. The van der Waals surface area contributed by atoms with E-state index in [1.165, 1.54) is 47.8 Å². The predicted molar refractivity (Wildman–Crippen MR) is 105 cm³/mol. The molecule has 0 radical (unpaired) electrons. The van der Waals surface area contributed by atoms with Crippen molar-refractivity contribution in [3.05, 3.63) is 53.1 Å². The van der Waals surface area contributed by atoms with Crippen LogP contribution >= 0.6 is 0 Å². The lowest BCUT2D eigenvalue weighted by Crippen LogP contribution is -2.25. The Labute approximate surface area is 166 Å². The number of imide groups is 1. The zero-order valence-electron chi connectivity index (χ0n) is 15.4. The first-order chi connectivity index (χ1) is 13.7. The molecule has 0 spiro atoms. The van der Waals surface area contributed by atoms with Crippen LogP contribution in [0.5, 0.6) is 5.75 Å². The van der Waals surface area contributed by atoms with Crippen molar-refractivity contribution in [1.29, 1.82) is 0 Å². The molecule has 2 aromatic carbocycles. The maximum absolute atomic E-state index is 12.6. The van der Waals surface area contributed by atoms with Gasteiger partial charge in [0.15, 0.2) is 0 Å². The Balaban J connectivity index is 1.62. The molecule has 4 rings (SSSR count). The maximum Gasteiger partial charge on any atom is 0.261 e. The van der Waals surface area contributed by atoms with Crippen LogP contribution < -0.4 is 9.62 Å². The van der Waals surface area contributed by atoms with Gasteiger partial charge in [-0.2, -0.15) is 0 Å². The second-order valence-corrected chi connectivity index (χ2v) is 8.84. The van der Waals surface area contributed by atoms with Gasteiger partial charge in [-0.15, -0.1) is 0 Å². The molecule has 0 atom stereocenters. The number of anilines is 2. The van der Waals surface area contributed by atoms with Crippen molar-refractivity contribution in [2.45, 2.75) is 6.42 Å². The largest absolute Gasteiger partial charge is 0.506 e. The Morgan fingerprint density at radius 1 is 1.07 bits per heavy atom. The highest BCUT2D eigenvalue weighted by Crippen LogP contribution is 2.32. The molecule has 10 heteroatoms. The summed E-state index contributed by atoms with van der Waals surface area (Å²) in [5, 5.41) is 12.6. The summed E-state index contributed by atoms with van der Waals surface area (Å²) in [6, 6.07) is 8.28. The monoisotopic (exact) mass is 415 g/mol. The number of carbonyl (C=O) groups is 3. The molecule has 2 aromatic rings. The van der Waals surface area contributed by atoms with Crippen molar-refractivity contribution in [2.24, 2.45) is 0 Å². The molecule has 2 N–H and O–H groups in total. The second-order valence-electron chi connectivity index (χ2n) is 6.83. The van der Waals surface area contributed by atoms with Crippen molar-refractivity contribution in [3.63, 3.8) is 0 Å². The van der Waals surface area contributed by atoms with Gasteiger partial charge in [0.25, 0.3) is 17.7 Å². The number of nitrogens with one attached hydrogen (secondary N) is 1. The molecule has 0 aromatic heterocycles. The van der Waals surface area contributed by atoms with Gasteiger partial charge in [-0.1, -0.05) is 0 Å². The molecule has 0 unspecified atom stereocenters. The summed E-state index contributed by atoms with van der Waals surface area (Å²) in [7, 11) is -2.05. The lowest BCUT2D eigenvalue weighted by molar-refractivity contribution is 0.0693. The first-order valence-electron chi connectivity index (χ1n) is 8.80. The van der Waals surface area contributed by atoms with Crippen LogP contribution in [0.4, 0.5) is 11.4 Å². The molecular weight excluding hydrogens is 398 g/mol. The van der Waals surface area contributed by atoms with Crippen molar-refractivity contribution in [3.8, 4) is 5.75 Å². The van der Waals surface area contributed by atoms with Crippen molar-refractivity contribution in [1.82, 2.24) is 4.90 Å². The molecule has 3 amide bonds. The molecule has 150 valence electrons. The predicted octanol–water partition coefficient (Wildman–Crippen LogP) is 1.41. The number of sulfonamides is 1. The number of phenolic OH excluding ortho intramolecular Hbond substituents is 1. The summed E-state index contributed by atoms with van der Waals surface area (Å²) >= 11 is 0. The van der Waals surface area contributed by atoms with Gasteiger partial charge in [0.1, 0.15) is 5.75 Å². The Bertz CT molecular complexity index is 1170. The van der Waals surface area contributed by atoms with Crippen LogP contribution in [0.2, 0.25) is 0 Å². The quantitative estimate of drug-likeness (QED) is 0.577. The third kappa shape index (κ3) is 3.11. The van der Waals surface area contributed by atoms with E-state index < -0.39 is 27.7 Å². The molecule has 1 saturated heterocycles. The number of nitrogens with zero attached hydrogens (tertiary/aromatic N) is 2. The van der Waals surface area contributed by atoms with Crippen LogP contribution in [0.3, 0.4) is 0 Å². The van der Waals surface area contributed by atoms with E-state index >= 15 is 0 Å². The standard InChI is InChI=1S/C19H17N3O6S/c1-21-18(25)13-5-3-11(9-14(13)19(21)26)17(24)20-15-10-12(4-6-16(15)23)22-7-2-8-29(22,27)28/h3-6,9-10,23H,2,7-8H2,1H3,(H,20,24). The van der Waals surface area contributed by atoms with Crippen LogP contribution in [0.25, 0.3) is 0 Å². The number of carbonyl (C=O) groups excluding carboxylic acids is 3. The van der Waals surface area contributed by atoms with Gasteiger partial charge in [-0.05, 0) is 42.8 Å². The highest BCUT2D eigenvalue weighted by atomic mass is 32.2. The lowest BCUT2D eigenvalue weighted by Gasteiger charge is -2.18. The van der Waals surface area contributed by atoms with Crippen LogP contribution in [0, 0.1) is 0 Å². The fourth-order valence-electron chi connectivity index (χ4n) is 3.41. The Morgan fingerprint density at radius 2 is 1.79 bits per heavy atom. The fraction of sp³-hybridized carbons (Fsp3) is 0.211. The minimum absolute atomic E-state index is 0.0367. The van der Waals surface area contributed by atoms with Crippen LogP contribution in [0.1, 0.15) is 37.5 Å². The number of amides is 3. The van der Waals surface area contributed by atoms with E-state index in [0.29, 0.717) is 18.7 Å². The summed E-state index contributed by atoms with van der Waals surface area (Å²) in [5.41, 5.74) is 0.852. The molecule has 9 nitrogen and oxygen atoms in total. The number of aromatic hydroxyl groups is 1. The van der Waals surface area contributed by atoms with E-state index in [9.17, 15) is 27.9 Å². The van der Waals surface area contributed by atoms with Crippen molar-refractivity contribution >= 4 is 39.1 Å². The molecule has 29 heavy (non-hydrogen) atoms. The van der Waals surface area contributed by atoms with Crippen molar-refractivity contribution < 1.29 is 27.9 Å². The van der Waals surface area contributed by atoms with E-state index in [0.717, 1.165) is 4.90 Å². The summed E-state index contributed by atoms with van der Waals surface area (Å²) < 4.78 is 25.4. The van der Waals surface area contributed by atoms with E-state index in [2.05, 4.69) is 5.32 Å². The molecular formula is C19H17N3O6S. The van der Waals surface area contributed by atoms with Crippen LogP contribution in [-0.4, -0.2) is 55.5 Å². The second kappa shape index (κ2) is 6.59. The number of hydrogen-bond donors (Lipinski definition) is 2. The highest BCUT2D eigenvalue weighted by Gasteiger charge is 2.33.